The van der Waals surface area contributed by atoms with Crippen LogP contribution in [0.2, 0.25) is 0 Å². The molecule has 21 heavy (non-hydrogen) atoms. The number of aromatic nitrogens is 1. The molecule has 1 fully saturated rings. The molecule has 0 aliphatic carbocycles. The molecule has 0 radical (unpaired) electrons. The molecular formula is C12H15N3O5S. The van der Waals surface area contributed by atoms with Crippen molar-refractivity contribution in [2.45, 2.75) is 24.7 Å². The average Bonchev–Trinajstić information content (AvgIpc) is 2.47. The number of carbonyl (C=O) groups is 1. The van der Waals surface area contributed by atoms with E-state index in [9.17, 15) is 23.3 Å². The highest BCUT2D eigenvalue weighted by Crippen LogP contribution is 2.23. The molecule has 114 valence electrons. The van der Waals surface area contributed by atoms with Crippen LogP contribution < -0.4 is 0 Å². The Bertz CT molecular complexity index is 656. The van der Waals surface area contributed by atoms with Gasteiger partial charge in [0, 0.05) is 31.5 Å². The van der Waals surface area contributed by atoms with Crippen LogP contribution in [0.15, 0.2) is 23.2 Å². The lowest BCUT2D eigenvalue weighted by Crippen LogP contribution is -2.43. The lowest BCUT2D eigenvalue weighted by Gasteiger charge is -2.30. The molecule has 0 amide bonds. The van der Waals surface area contributed by atoms with Crippen molar-refractivity contribution in [1.29, 1.82) is 0 Å². The number of Topliss-reactive ketones (excluding diaryl/α,β-unsaturated/α-hetero) is 1. The summed E-state index contributed by atoms with van der Waals surface area (Å²) in [5, 5.41) is 10.5. The van der Waals surface area contributed by atoms with Crippen LogP contribution >= 0.6 is 0 Å². The van der Waals surface area contributed by atoms with Gasteiger partial charge in [0.25, 0.3) is 0 Å². The molecular weight excluding hydrogens is 298 g/mol. The molecule has 1 saturated heterocycles. The summed E-state index contributed by atoms with van der Waals surface area (Å²) in [5.74, 6) is -0.625. The second kappa shape index (κ2) is 5.86. The van der Waals surface area contributed by atoms with E-state index < -0.39 is 20.8 Å². The van der Waals surface area contributed by atoms with Crippen LogP contribution in [0.25, 0.3) is 0 Å². The monoisotopic (exact) mass is 313 g/mol. The van der Waals surface area contributed by atoms with Gasteiger partial charge in [0.2, 0.25) is 10.0 Å². The number of rotatable bonds is 4. The molecule has 2 rings (SSSR count). The Kier molecular flexibility index (Phi) is 4.33. The van der Waals surface area contributed by atoms with Gasteiger partial charge in [-0.15, -0.1) is 0 Å². The second-order valence-electron chi connectivity index (χ2n) is 4.79. The number of nitro groups is 1. The van der Waals surface area contributed by atoms with Crippen LogP contribution in [-0.4, -0.2) is 41.5 Å². The number of sulfonamides is 1. The fourth-order valence-corrected chi connectivity index (χ4v) is 3.67. The van der Waals surface area contributed by atoms with Crippen LogP contribution in [0.5, 0.6) is 0 Å². The number of hydrogen-bond acceptors (Lipinski definition) is 6. The molecule has 0 aromatic carbocycles. The maximum atomic E-state index is 12.4. The number of hydrogen-bond donors (Lipinski definition) is 0. The third-order valence-electron chi connectivity index (χ3n) is 3.53. The van der Waals surface area contributed by atoms with Gasteiger partial charge in [-0.2, -0.15) is 4.31 Å². The fraction of sp³-hybridized carbons (Fsp3) is 0.500. The Labute approximate surface area is 122 Å². The number of ketones is 1. The molecule has 1 aromatic heterocycles. The summed E-state index contributed by atoms with van der Waals surface area (Å²) in [6.07, 6.45) is 1.76. The zero-order valence-corrected chi connectivity index (χ0v) is 12.2. The summed E-state index contributed by atoms with van der Waals surface area (Å²) in [5.41, 5.74) is 0. The number of piperidine rings is 1. The van der Waals surface area contributed by atoms with Crippen molar-refractivity contribution >= 4 is 21.6 Å². The van der Waals surface area contributed by atoms with Crippen LogP contribution in [0.1, 0.15) is 19.8 Å². The number of carbonyl (C=O) groups excluding carboxylic acids is 1. The summed E-state index contributed by atoms with van der Waals surface area (Å²) >= 11 is 0. The van der Waals surface area contributed by atoms with Crippen molar-refractivity contribution in [3.63, 3.8) is 0 Å². The van der Waals surface area contributed by atoms with Gasteiger partial charge in [-0.1, -0.05) is 6.92 Å². The minimum atomic E-state index is -3.77. The minimum Gasteiger partial charge on any atom is -0.358 e. The van der Waals surface area contributed by atoms with E-state index in [2.05, 4.69) is 4.98 Å². The largest absolute Gasteiger partial charge is 0.363 e. The molecule has 0 saturated carbocycles. The molecule has 1 unspecified atom stereocenters. The Morgan fingerprint density at radius 3 is 2.71 bits per heavy atom. The minimum absolute atomic E-state index is 0.0748. The smallest absolute Gasteiger partial charge is 0.358 e. The molecule has 0 bridgehead atoms. The van der Waals surface area contributed by atoms with Gasteiger partial charge in [-0.25, -0.2) is 8.42 Å². The molecule has 1 aliphatic heterocycles. The molecule has 0 spiro atoms. The summed E-state index contributed by atoms with van der Waals surface area (Å²) in [6, 6.07) is 2.22. The summed E-state index contributed by atoms with van der Waals surface area (Å²) < 4.78 is 26.1. The SMILES string of the molecule is CCC1CN(S(=O)(=O)c2ccc([N+](=O)[O-])nc2)CCC1=O. The number of nitrogens with zero attached hydrogens (tertiary/aromatic N) is 3. The maximum absolute atomic E-state index is 12.4. The van der Waals surface area contributed by atoms with Gasteiger partial charge in [0.05, 0.1) is 0 Å². The van der Waals surface area contributed by atoms with Crippen LogP contribution in [0.3, 0.4) is 0 Å². The van der Waals surface area contributed by atoms with Crippen molar-refractivity contribution in [2.75, 3.05) is 13.1 Å². The van der Waals surface area contributed by atoms with E-state index in [1.807, 2.05) is 6.92 Å². The molecule has 8 nitrogen and oxygen atoms in total. The van der Waals surface area contributed by atoms with Crippen LogP contribution in [-0.2, 0) is 14.8 Å². The summed E-state index contributed by atoms with van der Waals surface area (Å²) in [7, 11) is -3.77. The standard InChI is InChI=1S/C12H15N3O5S/c1-2-9-8-14(6-5-11(9)16)21(19,20)10-3-4-12(13-7-10)15(17)18/h3-4,7,9H,2,5-6,8H2,1H3. The van der Waals surface area contributed by atoms with E-state index in [0.29, 0.717) is 6.42 Å². The summed E-state index contributed by atoms with van der Waals surface area (Å²) in [6.45, 7) is 2.12. The zero-order valence-electron chi connectivity index (χ0n) is 11.4. The Morgan fingerprint density at radius 2 is 2.19 bits per heavy atom. The first kappa shape index (κ1) is 15.5. The van der Waals surface area contributed by atoms with Crippen molar-refractivity contribution in [1.82, 2.24) is 9.29 Å². The van der Waals surface area contributed by atoms with E-state index in [1.165, 1.54) is 4.31 Å². The molecule has 0 N–H and O–H groups in total. The van der Waals surface area contributed by atoms with Crippen molar-refractivity contribution in [2.24, 2.45) is 5.92 Å². The van der Waals surface area contributed by atoms with E-state index in [0.717, 1.165) is 18.3 Å². The highest BCUT2D eigenvalue weighted by molar-refractivity contribution is 7.89. The average molecular weight is 313 g/mol. The zero-order chi connectivity index (χ0) is 15.6. The van der Waals surface area contributed by atoms with E-state index in [1.54, 1.807) is 0 Å². The molecule has 1 aliphatic rings. The van der Waals surface area contributed by atoms with Crippen LogP contribution in [0.4, 0.5) is 5.82 Å². The Morgan fingerprint density at radius 1 is 1.48 bits per heavy atom. The molecule has 1 atom stereocenters. The lowest BCUT2D eigenvalue weighted by atomic mass is 9.96. The second-order valence-corrected chi connectivity index (χ2v) is 6.73. The predicted molar refractivity (Wildman–Crippen MR) is 73.1 cm³/mol. The van der Waals surface area contributed by atoms with Gasteiger partial charge >= 0.3 is 5.82 Å². The third-order valence-corrected chi connectivity index (χ3v) is 5.37. The number of pyridine rings is 1. The first-order chi connectivity index (χ1) is 9.86. The Hall–Kier alpha value is -1.87. The first-order valence-electron chi connectivity index (χ1n) is 6.49. The third kappa shape index (κ3) is 3.08. The van der Waals surface area contributed by atoms with E-state index >= 15 is 0 Å². The topological polar surface area (TPSA) is 110 Å². The fourth-order valence-electron chi connectivity index (χ4n) is 2.24. The van der Waals surface area contributed by atoms with Gasteiger partial charge in [0.1, 0.15) is 10.7 Å². The normalized spacial score (nSPS) is 20.4. The highest BCUT2D eigenvalue weighted by atomic mass is 32.2. The first-order valence-corrected chi connectivity index (χ1v) is 7.93. The van der Waals surface area contributed by atoms with Crippen molar-refractivity contribution in [3.8, 4) is 0 Å². The van der Waals surface area contributed by atoms with Gasteiger partial charge in [-0.05, 0) is 22.4 Å². The van der Waals surface area contributed by atoms with Gasteiger partial charge in [-0.3, -0.25) is 4.79 Å². The molecule has 9 heteroatoms. The highest BCUT2D eigenvalue weighted by Gasteiger charge is 2.34. The molecule has 1 aromatic rings. The van der Waals surface area contributed by atoms with Gasteiger partial charge < -0.3 is 10.1 Å². The van der Waals surface area contributed by atoms with Gasteiger partial charge in [0.15, 0.2) is 6.20 Å². The predicted octanol–water partition coefficient (Wildman–Crippen LogP) is 0.980. The van der Waals surface area contributed by atoms with Crippen molar-refractivity contribution in [3.05, 3.63) is 28.4 Å². The molecule has 2 heterocycles. The van der Waals surface area contributed by atoms with Crippen LogP contribution in [0, 0.1) is 16.0 Å². The quantitative estimate of drug-likeness (QED) is 0.605. The lowest BCUT2D eigenvalue weighted by molar-refractivity contribution is -0.389. The summed E-state index contributed by atoms with van der Waals surface area (Å²) in [4.78, 5) is 24.9. The maximum Gasteiger partial charge on any atom is 0.363 e. The van der Waals surface area contributed by atoms with E-state index in [-0.39, 0.29) is 36.1 Å². The Balaban J connectivity index is 2.25. The van der Waals surface area contributed by atoms with E-state index in [4.69, 9.17) is 0 Å². The van der Waals surface area contributed by atoms with Crippen molar-refractivity contribution < 1.29 is 18.1 Å².